The van der Waals surface area contributed by atoms with Crippen LogP contribution >= 0.6 is 0 Å². The van der Waals surface area contributed by atoms with Gasteiger partial charge in [-0.1, -0.05) is 6.07 Å². The zero-order valence-corrected chi connectivity index (χ0v) is 10.8. The molecule has 1 aromatic rings. The highest BCUT2D eigenvalue weighted by atomic mass is 19.4. The molecule has 0 aromatic heterocycles. The maximum Gasteiger partial charge on any atom is 0.416 e. The van der Waals surface area contributed by atoms with E-state index >= 15 is 0 Å². The largest absolute Gasteiger partial charge is 0.416 e. The van der Waals surface area contributed by atoms with E-state index in [4.69, 9.17) is 0 Å². The van der Waals surface area contributed by atoms with Crippen LogP contribution in [0.4, 0.5) is 13.2 Å². The van der Waals surface area contributed by atoms with Gasteiger partial charge in [0.1, 0.15) is 12.4 Å². The van der Waals surface area contributed by atoms with Gasteiger partial charge in [-0.05, 0) is 37.7 Å². The van der Waals surface area contributed by atoms with Crippen LogP contribution in [-0.4, -0.2) is 36.2 Å². The number of rotatable bonds is 6. The number of carbonyl (C=O) groups is 1. The number of carbonyl (C=O) groups excluding carboxylic acids is 1. The lowest BCUT2D eigenvalue weighted by Crippen LogP contribution is -2.24. The summed E-state index contributed by atoms with van der Waals surface area (Å²) >= 11 is 0. The summed E-state index contributed by atoms with van der Waals surface area (Å²) in [7, 11) is 1.64. The van der Waals surface area contributed by atoms with Crippen molar-refractivity contribution in [2.45, 2.75) is 24.8 Å². The van der Waals surface area contributed by atoms with Gasteiger partial charge in [-0.25, -0.2) is 0 Å². The fourth-order valence-electron chi connectivity index (χ4n) is 1.77. The minimum atomic E-state index is -4.58. The Balaban J connectivity index is 3.10. The molecule has 0 spiro atoms. The van der Waals surface area contributed by atoms with Crippen molar-refractivity contribution in [1.82, 2.24) is 5.32 Å². The molecule has 0 bridgehead atoms. The normalized spacial score (nSPS) is 14.9. The van der Waals surface area contributed by atoms with E-state index in [2.05, 4.69) is 5.32 Å². The van der Waals surface area contributed by atoms with E-state index in [0.29, 0.717) is 18.9 Å². The van der Waals surface area contributed by atoms with Gasteiger partial charge in [-0.3, -0.25) is 4.79 Å². The lowest BCUT2D eigenvalue weighted by molar-refractivity contribution is -0.137. The van der Waals surface area contributed by atoms with Gasteiger partial charge in [0.15, 0.2) is 0 Å². The van der Waals surface area contributed by atoms with E-state index in [0.717, 1.165) is 12.1 Å². The molecule has 0 fully saturated rings. The number of aldehydes is 1. The molecule has 112 valence electrons. The summed E-state index contributed by atoms with van der Waals surface area (Å²) in [6.07, 6.45) is -6.89. The number of halogens is 3. The number of hydrogen-bond donors (Lipinski definition) is 3. The second-order valence-electron chi connectivity index (χ2n) is 4.36. The van der Waals surface area contributed by atoms with Crippen LogP contribution in [0, 0.1) is 0 Å². The number of benzene rings is 1. The maximum absolute atomic E-state index is 12.6. The molecule has 0 heterocycles. The molecule has 3 N–H and O–H groups in total. The summed E-state index contributed by atoms with van der Waals surface area (Å²) in [6, 6.07) is 2.44. The summed E-state index contributed by atoms with van der Waals surface area (Å²) in [5.74, 6) is 0. The van der Waals surface area contributed by atoms with E-state index in [1.165, 1.54) is 0 Å². The lowest BCUT2D eigenvalue weighted by atomic mass is 9.95. The number of aliphatic hydroxyl groups excluding tert-OH is 2. The van der Waals surface area contributed by atoms with Crippen molar-refractivity contribution in [3.05, 3.63) is 34.9 Å². The second-order valence-corrected chi connectivity index (χ2v) is 4.36. The van der Waals surface area contributed by atoms with Crippen molar-refractivity contribution in [3.8, 4) is 0 Å². The van der Waals surface area contributed by atoms with Crippen LogP contribution < -0.4 is 5.32 Å². The predicted octanol–water partition coefficient (Wildman–Crippen LogP) is 1.52. The van der Waals surface area contributed by atoms with Crippen molar-refractivity contribution in [1.29, 1.82) is 0 Å². The quantitative estimate of drug-likeness (QED) is 0.695. The first-order chi connectivity index (χ1) is 9.31. The first-order valence-corrected chi connectivity index (χ1v) is 5.98. The Morgan fingerprint density at radius 2 is 2.00 bits per heavy atom. The van der Waals surface area contributed by atoms with Crippen LogP contribution in [0.5, 0.6) is 0 Å². The Morgan fingerprint density at radius 3 is 2.50 bits per heavy atom. The number of hydrogen-bond acceptors (Lipinski definition) is 4. The molecule has 0 aliphatic rings. The second kappa shape index (κ2) is 6.83. The average Bonchev–Trinajstić information content (AvgIpc) is 2.42. The summed E-state index contributed by atoms with van der Waals surface area (Å²) in [5.41, 5.74) is -1.27. The third-order valence-electron chi connectivity index (χ3n) is 2.91. The van der Waals surface area contributed by atoms with Gasteiger partial charge in [0.25, 0.3) is 0 Å². The molecule has 1 rings (SSSR count). The SMILES string of the molecule is CNCCC(O)C(O)c1cc(C(F)(F)F)ccc1C=O. The van der Waals surface area contributed by atoms with Gasteiger partial charge in [0, 0.05) is 5.56 Å². The predicted molar refractivity (Wildman–Crippen MR) is 66.3 cm³/mol. The Bertz CT molecular complexity index is 463. The monoisotopic (exact) mass is 291 g/mol. The molecule has 2 unspecified atom stereocenters. The first-order valence-electron chi connectivity index (χ1n) is 5.98. The van der Waals surface area contributed by atoms with Crippen molar-refractivity contribution in [3.63, 3.8) is 0 Å². The number of alkyl halides is 3. The minimum Gasteiger partial charge on any atom is -0.390 e. The molecule has 4 nitrogen and oxygen atoms in total. The standard InChI is InChI=1S/C13H16F3NO3/c1-17-5-4-11(19)12(20)10-6-9(13(14,15)16)3-2-8(10)7-18/h2-3,6-7,11-12,17,19-20H,4-5H2,1H3. The van der Waals surface area contributed by atoms with Crippen LogP contribution in [0.15, 0.2) is 18.2 Å². The molecule has 0 aliphatic carbocycles. The van der Waals surface area contributed by atoms with E-state index in [-0.39, 0.29) is 17.5 Å². The van der Waals surface area contributed by atoms with Crippen molar-refractivity contribution < 1.29 is 28.2 Å². The van der Waals surface area contributed by atoms with E-state index < -0.39 is 23.9 Å². The summed E-state index contributed by atoms with van der Waals surface area (Å²) < 4.78 is 37.9. The maximum atomic E-state index is 12.6. The van der Waals surface area contributed by atoms with Gasteiger partial charge in [0.05, 0.1) is 11.7 Å². The van der Waals surface area contributed by atoms with Gasteiger partial charge < -0.3 is 15.5 Å². The van der Waals surface area contributed by atoms with E-state index in [9.17, 15) is 28.2 Å². The Kier molecular flexibility index (Phi) is 5.67. The molecule has 0 amide bonds. The highest BCUT2D eigenvalue weighted by Crippen LogP contribution is 2.32. The van der Waals surface area contributed by atoms with Crippen molar-refractivity contribution in [2.75, 3.05) is 13.6 Å². The zero-order valence-electron chi connectivity index (χ0n) is 10.8. The zero-order chi connectivity index (χ0) is 15.3. The van der Waals surface area contributed by atoms with E-state index in [1.54, 1.807) is 7.05 Å². The van der Waals surface area contributed by atoms with Crippen LogP contribution in [0.25, 0.3) is 0 Å². The number of nitrogens with one attached hydrogen (secondary N) is 1. The van der Waals surface area contributed by atoms with Crippen molar-refractivity contribution in [2.24, 2.45) is 0 Å². The molecule has 0 saturated carbocycles. The highest BCUT2D eigenvalue weighted by molar-refractivity contribution is 5.77. The molecular formula is C13H16F3NO3. The molecule has 7 heteroatoms. The molecule has 0 radical (unpaired) electrons. The van der Waals surface area contributed by atoms with E-state index in [1.807, 2.05) is 0 Å². The molecule has 2 atom stereocenters. The molecule has 0 aliphatic heterocycles. The Hall–Kier alpha value is -1.44. The van der Waals surface area contributed by atoms with Crippen LogP contribution in [-0.2, 0) is 6.18 Å². The topological polar surface area (TPSA) is 69.6 Å². The van der Waals surface area contributed by atoms with Crippen molar-refractivity contribution >= 4 is 6.29 Å². The fraction of sp³-hybridized carbons (Fsp3) is 0.462. The lowest BCUT2D eigenvalue weighted by Gasteiger charge is -2.20. The van der Waals surface area contributed by atoms with Crippen LogP contribution in [0.3, 0.4) is 0 Å². The highest BCUT2D eigenvalue weighted by Gasteiger charge is 2.32. The summed E-state index contributed by atoms with van der Waals surface area (Å²) in [6.45, 7) is 0.383. The fourth-order valence-corrected chi connectivity index (χ4v) is 1.77. The third kappa shape index (κ3) is 4.03. The molecular weight excluding hydrogens is 275 g/mol. The van der Waals surface area contributed by atoms with Gasteiger partial charge in [-0.15, -0.1) is 0 Å². The smallest absolute Gasteiger partial charge is 0.390 e. The van der Waals surface area contributed by atoms with Gasteiger partial charge >= 0.3 is 6.18 Å². The van der Waals surface area contributed by atoms with Crippen LogP contribution in [0.2, 0.25) is 0 Å². The van der Waals surface area contributed by atoms with Crippen LogP contribution in [0.1, 0.15) is 34.0 Å². The molecule has 0 saturated heterocycles. The minimum absolute atomic E-state index is 0.0750. The Labute approximate surface area is 114 Å². The molecule has 1 aromatic carbocycles. The van der Waals surface area contributed by atoms with Gasteiger partial charge in [0.2, 0.25) is 0 Å². The average molecular weight is 291 g/mol. The Morgan fingerprint density at radius 1 is 1.35 bits per heavy atom. The molecule has 20 heavy (non-hydrogen) atoms. The number of aliphatic hydroxyl groups is 2. The summed E-state index contributed by atoms with van der Waals surface area (Å²) in [4.78, 5) is 10.8. The summed E-state index contributed by atoms with van der Waals surface area (Å²) in [5, 5.41) is 22.4. The first kappa shape index (κ1) is 16.6. The third-order valence-corrected chi connectivity index (χ3v) is 2.91. The van der Waals surface area contributed by atoms with Gasteiger partial charge in [-0.2, -0.15) is 13.2 Å².